The predicted molar refractivity (Wildman–Crippen MR) is 76.4 cm³/mol. The Morgan fingerprint density at radius 3 is 1.91 bits per heavy atom. The fourth-order valence-corrected chi connectivity index (χ4v) is 1.79. The lowest BCUT2D eigenvalue weighted by Crippen LogP contribution is -2.41. The second-order valence-electron chi connectivity index (χ2n) is 5.41. The van der Waals surface area contributed by atoms with Crippen molar-refractivity contribution in [2.45, 2.75) is 33.5 Å². The van der Waals surface area contributed by atoms with Gasteiger partial charge in [0, 0.05) is 13.8 Å². The number of cyclic esters (lactones) is 2. The average molecular weight is 309 g/mol. The van der Waals surface area contributed by atoms with Gasteiger partial charge in [-0.15, -0.1) is 0 Å². The zero-order valence-corrected chi connectivity index (χ0v) is 13.0. The van der Waals surface area contributed by atoms with Crippen LogP contribution in [0, 0.1) is 0 Å². The molecular formula is C15H19NO6. The van der Waals surface area contributed by atoms with E-state index in [2.05, 4.69) is 0 Å². The van der Waals surface area contributed by atoms with Crippen LogP contribution in [0.25, 0.3) is 0 Å². The number of nitrogens with zero attached hydrogens (tertiary/aromatic N) is 1. The van der Waals surface area contributed by atoms with E-state index in [1.165, 1.54) is 50.9 Å². The SMILES string of the molecule is CC(=O)CN(/C=C/C=C1C(=O)OC(C)(C)OC1=O)CC(C)=O. The molecule has 1 fully saturated rings. The van der Waals surface area contributed by atoms with Gasteiger partial charge in [0.2, 0.25) is 0 Å². The lowest BCUT2D eigenvalue weighted by molar-refractivity contribution is -0.222. The smallest absolute Gasteiger partial charge is 0.348 e. The van der Waals surface area contributed by atoms with Gasteiger partial charge in [0.15, 0.2) is 0 Å². The van der Waals surface area contributed by atoms with Crippen LogP contribution in [-0.4, -0.2) is 47.3 Å². The van der Waals surface area contributed by atoms with Gasteiger partial charge in [-0.25, -0.2) is 9.59 Å². The summed E-state index contributed by atoms with van der Waals surface area (Å²) in [6.07, 6.45) is 4.07. The van der Waals surface area contributed by atoms with Crippen LogP contribution in [0.15, 0.2) is 23.9 Å². The van der Waals surface area contributed by atoms with E-state index in [0.29, 0.717) is 0 Å². The summed E-state index contributed by atoms with van der Waals surface area (Å²) in [4.78, 5) is 47.1. The molecule has 0 bridgehead atoms. The van der Waals surface area contributed by atoms with Crippen molar-refractivity contribution in [2.75, 3.05) is 13.1 Å². The minimum atomic E-state index is -1.29. The molecule has 0 unspecified atom stereocenters. The molecule has 0 aromatic heterocycles. The van der Waals surface area contributed by atoms with Gasteiger partial charge < -0.3 is 14.4 Å². The van der Waals surface area contributed by atoms with Crippen LogP contribution in [0.5, 0.6) is 0 Å². The molecule has 0 radical (unpaired) electrons. The Morgan fingerprint density at radius 2 is 1.50 bits per heavy atom. The van der Waals surface area contributed by atoms with Crippen molar-refractivity contribution in [3.63, 3.8) is 0 Å². The Balaban J connectivity index is 2.83. The predicted octanol–water partition coefficient (Wildman–Crippen LogP) is 0.743. The summed E-state index contributed by atoms with van der Waals surface area (Å²) >= 11 is 0. The van der Waals surface area contributed by atoms with Crippen molar-refractivity contribution >= 4 is 23.5 Å². The standard InChI is InChI=1S/C15H19NO6/c1-10(17)8-16(9-11(2)18)7-5-6-12-13(19)21-15(3,4)22-14(12)20/h5-7H,8-9H2,1-4H3/b7-5+. The quantitative estimate of drug-likeness (QED) is 0.406. The number of hydrogen-bond acceptors (Lipinski definition) is 7. The molecule has 0 aromatic carbocycles. The van der Waals surface area contributed by atoms with Crippen LogP contribution in [0.3, 0.4) is 0 Å². The molecular weight excluding hydrogens is 290 g/mol. The van der Waals surface area contributed by atoms with Crippen molar-refractivity contribution in [3.05, 3.63) is 23.9 Å². The number of ether oxygens (including phenoxy) is 2. The first-order chi connectivity index (χ1) is 10.1. The first-order valence-corrected chi connectivity index (χ1v) is 6.69. The number of rotatable bonds is 6. The van der Waals surface area contributed by atoms with E-state index in [1.54, 1.807) is 0 Å². The third-order valence-corrected chi connectivity index (χ3v) is 2.53. The van der Waals surface area contributed by atoms with Gasteiger partial charge in [0.05, 0.1) is 13.1 Å². The Labute approximate surface area is 128 Å². The van der Waals surface area contributed by atoms with Crippen LogP contribution < -0.4 is 0 Å². The molecule has 22 heavy (non-hydrogen) atoms. The van der Waals surface area contributed by atoms with Crippen molar-refractivity contribution < 1.29 is 28.7 Å². The molecule has 120 valence electrons. The molecule has 7 nitrogen and oxygen atoms in total. The number of allylic oxidation sites excluding steroid dienone is 2. The minimum absolute atomic E-state index is 0.0567. The first-order valence-electron chi connectivity index (χ1n) is 6.69. The summed E-state index contributed by atoms with van der Waals surface area (Å²) in [7, 11) is 0. The second kappa shape index (κ2) is 7.02. The zero-order chi connectivity index (χ0) is 16.9. The number of Topliss-reactive ketones (excluding diaryl/α,β-unsaturated/α-hetero) is 2. The Bertz CT molecular complexity index is 520. The second-order valence-corrected chi connectivity index (χ2v) is 5.41. The van der Waals surface area contributed by atoms with Crippen molar-refractivity contribution in [1.29, 1.82) is 0 Å². The number of hydrogen-bond donors (Lipinski definition) is 0. The molecule has 0 spiro atoms. The van der Waals surface area contributed by atoms with Gasteiger partial charge in [-0.05, 0) is 32.2 Å². The molecule has 0 saturated carbocycles. The third-order valence-electron chi connectivity index (χ3n) is 2.53. The molecule has 0 amide bonds. The molecule has 0 aliphatic carbocycles. The minimum Gasteiger partial charge on any atom is -0.419 e. The molecule has 1 heterocycles. The van der Waals surface area contributed by atoms with Crippen LogP contribution >= 0.6 is 0 Å². The third kappa shape index (κ3) is 5.51. The molecule has 1 saturated heterocycles. The number of carbonyl (C=O) groups excluding carboxylic acids is 4. The number of carbonyl (C=O) groups is 4. The van der Waals surface area contributed by atoms with Gasteiger partial charge in [-0.2, -0.15) is 0 Å². The van der Waals surface area contributed by atoms with E-state index in [-0.39, 0.29) is 30.2 Å². The van der Waals surface area contributed by atoms with E-state index in [0.717, 1.165) is 0 Å². The zero-order valence-electron chi connectivity index (χ0n) is 13.0. The molecule has 1 aliphatic heterocycles. The Kier molecular flexibility index (Phi) is 5.62. The number of ketones is 2. The maximum Gasteiger partial charge on any atom is 0.348 e. The maximum absolute atomic E-state index is 11.7. The monoisotopic (exact) mass is 309 g/mol. The molecule has 0 N–H and O–H groups in total. The van der Waals surface area contributed by atoms with Gasteiger partial charge in [-0.3, -0.25) is 9.59 Å². The Morgan fingerprint density at radius 1 is 1.05 bits per heavy atom. The van der Waals surface area contributed by atoms with Gasteiger partial charge in [0.25, 0.3) is 5.79 Å². The van der Waals surface area contributed by atoms with Crippen LogP contribution in [-0.2, 0) is 28.7 Å². The van der Waals surface area contributed by atoms with Crippen molar-refractivity contribution in [2.24, 2.45) is 0 Å². The summed E-state index contributed by atoms with van der Waals surface area (Å²) in [5.41, 5.74) is -0.249. The highest BCUT2D eigenvalue weighted by Crippen LogP contribution is 2.22. The molecule has 7 heteroatoms. The fourth-order valence-electron chi connectivity index (χ4n) is 1.79. The highest BCUT2D eigenvalue weighted by Gasteiger charge is 2.38. The van der Waals surface area contributed by atoms with E-state index in [1.807, 2.05) is 0 Å². The topological polar surface area (TPSA) is 90.0 Å². The summed E-state index contributed by atoms with van der Waals surface area (Å²) < 4.78 is 9.87. The Hall–Kier alpha value is -2.44. The van der Waals surface area contributed by atoms with E-state index >= 15 is 0 Å². The van der Waals surface area contributed by atoms with Crippen LogP contribution in [0.4, 0.5) is 0 Å². The van der Waals surface area contributed by atoms with E-state index in [4.69, 9.17) is 9.47 Å². The van der Waals surface area contributed by atoms with Crippen LogP contribution in [0.1, 0.15) is 27.7 Å². The lowest BCUT2D eigenvalue weighted by Gasteiger charge is -2.29. The van der Waals surface area contributed by atoms with E-state index < -0.39 is 17.7 Å². The van der Waals surface area contributed by atoms with Crippen LogP contribution in [0.2, 0.25) is 0 Å². The maximum atomic E-state index is 11.7. The largest absolute Gasteiger partial charge is 0.419 e. The van der Waals surface area contributed by atoms with Crippen molar-refractivity contribution in [3.8, 4) is 0 Å². The van der Waals surface area contributed by atoms with Gasteiger partial charge >= 0.3 is 11.9 Å². The average Bonchev–Trinajstić information content (AvgIpc) is 2.29. The summed E-state index contributed by atoms with van der Waals surface area (Å²) in [6.45, 7) is 5.82. The molecule has 1 rings (SSSR count). The normalized spacial score (nSPS) is 17.0. The number of esters is 2. The van der Waals surface area contributed by atoms with Crippen molar-refractivity contribution in [1.82, 2.24) is 4.90 Å². The van der Waals surface area contributed by atoms with Gasteiger partial charge in [0.1, 0.15) is 17.1 Å². The molecule has 0 atom stereocenters. The lowest BCUT2D eigenvalue weighted by atomic mass is 10.2. The summed E-state index contributed by atoms with van der Waals surface area (Å²) in [6, 6.07) is 0. The fraction of sp³-hybridized carbons (Fsp3) is 0.467. The highest BCUT2D eigenvalue weighted by molar-refractivity contribution is 6.15. The molecule has 1 aliphatic rings. The van der Waals surface area contributed by atoms with E-state index in [9.17, 15) is 19.2 Å². The molecule has 0 aromatic rings. The summed E-state index contributed by atoms with van der Waals surface area (Å²) in [5, 5.41) is 0. The highest BCUT2D eigenvalue weighted by atomic mass is 16.7. The van der Waals surface area contributed by atoms with Gasteiger partial charge in [-0.1, -0.05) is 0 Å². The summed E-state index contributed by atoms with van der Waals surface area (Å²) in [5.74, 6) is -3.08. The first kappa shape index (κ1) is 17.6.